The Morgan fingerprint density at radius 2 is 1.48 bits per heavy atom. The van der Waals surface area contributed by atoms with E-state index in [9.17, 15) is 24.0 Å². The number of rotatable bonds is 19. The molecular weight excluding hydrogens is 817 g/mol. The number of morpholine rings is 1. The summed E-state index contributed by atoms with van der Waals surface area (Å²) in [5.41, 5.74) is 0.157. The predicted octanol–water partition coefficient (Wildman–Crippen LogP) is 6.02. The molecule has 1 aliphatic heterocycles. The first-order valence-corrected chi connectivity index (χ1v) is 21.8. The molecule has 2 heterocycles. The van der Waals surface area contributed by atoms with Gasteiger partial charge in [-0.25, -0.2) is 14.4 Å². The Labute approximate surface area is 375 Å². The molecule has 1 fully saturated rings. The number of aromatic nitrogens is 1. The van der Waals surface area contributed by atoms with Crippen LogP contribution < -0.4 is 21.3 Å². The van der Waals surface area contributed by atoms with E-state index in [2.05, 4.69) is 26.3 Å². The molecule has 4 aromatic rings. The third-order valence-electron chi connectivity index (χ3n) is 10.7. The first-order chi connectivity index (χ1) is 30.8. The van der Waals surface area contributed by atoms with Crippen LogP contribution >= 0.6 is 0 Å². The number of amides is 6. The van der Waals surface area contributed by atoms with Gasteiger partial charge in [0.15, 0.2) is 0 Å². The summed E-state index contributed by atoms with van der Waals surface area (Å²) in [7, 11) is 0. The van der Waals surface area contributed by atoms with Crippen LogP contribution in [0.5, 0.6) is 0 Å². The number of nitrogens with zero attached hydrogens (tertiary/aromatic N) is 2. The van der Waals surface area contributed by atoms with Crippen molar-refractivity contribution in [3.63, 3.8) is 0 Å². The standard InChI is InChI=1S/C49H60N6O9/c1-5-6-9-22-42(56)54-49(32-38-20-14-15-21-40(38)36-18-12-8-13-19-36,39(33-51-47(61)64-48(2,3)4)34-63-44(58)37-23-25-50-26-24-37)45(59)52-41(31-35-16-10-7-11-17-35)43(57)53-46(60)55-27-29-62-30-28-55/h7-8,10-21,23-26,39,41H,5-6,9,22,27-34H2,1-4H3,(H,51,61)(H,52,59)(H,54,56)(H,53,57,60). The third kappa shape index (κ3) is 14.5. The molecule has 3 aromatic carbocycles. The minimum atomic E-state index is -2.04. The summed E-state index contributed by atoms with van der Waals surface area (Å²) < 4.78 is 16.9. The molecule has 1 saturated heterocycles. The van der Waals surface area contributed by atoms with Crippen LogP contribution in [0.15, 0.2) is 109 Å². The molecule has 6 amide bonds. The summed E-state index contributed by atoms with van der Waals surface area (Å²) in [5.74, 6) is -4.00. The number of imide groups is 1. The number of hydrogen-bond donors (Lipinski definition) is 4. The van der Waals surface area contributed by atoms with Crippen LogP contribution in [0.3, 0.4) is 0 Å². The van der Waals surface area contributed by atoms with Crippen molar-refractivity contribution >= 4 is 35.8 Å². The van der Waals surface area contributed by atoms with Gasteiger partial charge in [0.2, 0.25) is 11.8 Å². The van der Waals surface area contributed by atoms with E-state index in [1.54, 1.807) is 45.0 Å². The lowest BCUT2D eigenvalue weighted by Crippen LogP contribution is -2.69. The van der Waals surface area contributed by atoms with Gasteiger partial charge in [-0.3, -0.25) is 24.7 Å². The molecule has 0 saturated carbocycles. The van der Waals surface area contributed by atoms with E-state index in [1.165, 1.54) is 29.4 Å². The quantitative estimate of drug-likeness (QED) is 0.0640. The number of hydrogen-bond acceptors (Lipinski definition) is 10. The molecule has 340 valence electrons. The van der Waals surface area contributed by atoms with Gasteiger partial charge in [0.1, 0.15) is 17.2 Å². The zero-order chi connectivity index (χ0) is 46.0. The summed E-state index contributed by atoms with van der Waals surface area (Å²) in [6, 6.07) is 26.9. The van der Waals surface area contributed by atoms with Crippen molar-refractivity contribution in [2.75, 3.05) is 39.5 Å². The zero-order valence-electron chi connectivity index (χ0n) is 37.1. The highest BCUT2D eigenvalue weighted by atomic mass is 16.6. The monoisotopic (exact) mass is 876 g/mol. The van der Waals surface area contributed by atoms with Crippen molar-refractivity contribution in [2.24, 2.45) is 5.92 Å². The van der Waals surface area contributed by atoms with Crippen LogP contribution in [0.25, 0.3) is 11.1 Å². The van der Waals surface area contributed by atoms with E-state index in [-0.39, 0.29) is 44.5 Å². The first kappa shape index (κ1) is 48.4. The fraction of sp³-hybridized carbons (Fsp3) is 0.408. The van der Waals surface area contributed by atoms with Gasteiger partial charge < -0.3 is 35.1 Å². The molecule has 0 spiro atoms. The molecule has 0 aliphatic carbocycles. The van der Waals surface area contributed by atoms with Gasteiger partial charge in [-0.05, 0) is 61.6 Å². The molecule has 1 aromatic heterocycles. The highest BCUT2D eigenvalue weighted by Gasteiger charge is 2.49. The smallest absolute Gasteiger partial charge is 0.407 e. The summed E-state index contributed by atoms with van der Waals surface area (Å²) in [5, 5.41) is 11.3. The molecule has 1 aliphatic rings. The van der Waals surface area contributed by atoms with Crippen molar-refractivity contribution in [3.8, 4) is 11.1 Å². The second-order valence-corrected chi connectivity index (χ2v) is 16.7. The number of nitrogens with one attached hydrogen (secondary N) is 4. The fourth-order valence-electron chi connectivity index (χ4n) is 7.36. The van der Waals surface area contributed by atoms with E-state index in [4.69, 9.17) is 14.2 Å². The fourth-order valence-corrected chi connectivity index (χ4v) is 7.36. The Bertz CT molecular complexity index is 2160. The van der Waals surface area contributed by atoms with E-state index < -0.39 is 65.5 Å². The number of unbranched alkanes of at least 4 members (excludes halogenated alkanes) is 2. The van der Waals surface area contributed by atoms with Gasteiger partial charge in [-0.2, -0.15) is 0 Å². The second kappa shape index (κ2) is 23.7. The number of pyridine rings is 1. The lowest BCUT2D eigenvalue weighted by Gasteiger charge is -2.41. The highest BCUT2D eigenvalue weighted by molar-refractivity contribution is 6.01. The lowest BCUT2D eigenvalue weighted by atomic mass is 9.76. The second-order valence-electron chi connectivity index (χ2n) is 16.7. The van der Waals surface area contributed by atoms with Crippen molar-refractivity contribution in [3.05, 3.63) is 126 Å². The third-order valence-corrected chi connectivity index (χ3v) is 10.7. The van der Waals surface area contributed by atoms with Crippen LogP contribution in [0.2, 0.25) is 0 Å². The molecule has 4 N–H and O–H groups in total. The van der Waals surface area contributed by atoms with E-state index >= 15 is 4.79 Å². The maximum Gasteiger partial charge on any atom is 0.407 e. The minimum Gasteiger partial charge on any atom is -0.462 e. The molecule has 3 atom stereocenters. The van der Waals surface area contributed by atoms with Crippen LogP contribution in [0, 0.1) is 5.92 Å². The van der Waals surface area contributed by atoms with Crippen molar-refractivity contribution in [1.82, 2.24) is 31.2 Å². The molecular formula is C49H60N6O9. The maximum atomic E-state index is 15.8. The summed E-state index contributed by atoms with van der Waals surface area (Å²) in [6.07, 6.45) is 3.98. The van der Waals surface area contributed by atoms with Crippen LogP contribution in [-0.2, 0) is 41.4 Å². The molecule has 3 unspecified atom stereocenters. The molecule has 15 nitrogen and oxygen atoms in total. The SMILES string of the molecule is CCCCCC(=O)NC(Cc1ccccc1-c1ccccc1)(C(=O)NC(Cc1ccccc1)C(=O)NC(=O)N1CCOCC1)C(CNC(=O)OC(C)(C)C)COC(=O)c1ccncc1. The largest absolute Gasteiger partial charge is 0.462 e. The zero-order valence-corrected chi connectivity index (χ0v) is 37.1. The summed E-state index contributed by atoms with van der Waals surface area (Å²) >= 11 is 0. The van der Waals surface area contributed by atoms with Crippen molar-refractivity contribution in [1.29, 1.82) is 0 Å². The number of ether oxygens (including phenoxy) is 3. The number of urea groups is 1. The number of esters is 1. The van der Waals surface area contributed by atoms with Crippen LogP contribution in [0.4, 0.5) is 9.59 Å². The Morgan fingerprint density at radius 3 is 2.16 bits per heavy atom. The highest BCUT2D eigenvalue weighted by Crippen LogP contribution is 2.32. The predicted molar refractivity (Wildman–Crippen MR) is 241 cm³/mol. The number of benzene rings is 3. The normalized spacial score (nSPS) is 14.5. The van der Waals surface area contributed by atoms with E-state index in [0.717, 1.165) is 24.0 Å². The molecule has 64 heavy (non-hydrogen) atoms. The number of alkyl carbamates (subject to hydrolysis) is 1. The van der Waals surface area contributed by atoms with E-state index in [1.807, 2.05) is 67.6 Å². The van der Waals surface area contributed by atoms with Gasteiger partial charge >= 0.3 is 18.1 Å². The summed E-state index contributed by atoms with van der Waals surface area (Å²) in [4.78, 5) is 90.3. The first-order valence-electron chi connectivity index (χ1n) is 21.8. The van der Waals surface area contributed by atoms with Gasteiger partial charge in [0, 0.05) is 57.2 Å². The number of carbonyl (C=O) groups is 6. The Hall–Kier alpha value is -6.61. The lowest BCUT2D eigenvalue weighted by molar-refractivity contribution is -0.139. The van der Waals surface area contributed by atoms with Gasteiger partial charge in [0.05, 0.1) is 25.4 Å². The molecule has 0 radical (unpaired) electrons. The molecule has 0 bridgehead atoms. The van der Waals surface area contributed by atoms with Crippen molar-refractivity contribution in [2.45, 2.75) is 83.4 Å². The molecule has 5 rings (SSSR count). The van der Waals surface area contributed by atoms with Crippen molar-refractivity contribution < 1.29 is 43.0 Å². The molecule has 15 heteroatoms. The Balaban J connectivity index is 1.67. The van der Waals surface area contributed by atoms with Gasteiger partial charge in [0.25, 0.3) is 5.91 Å². The van der Waals surface area contributed by atoms with Gasteiger partial charge in [-0.1, -0.05) is 105 Å². The topological polar surface area (TPSA) is 194 Å². The average molecular weight is 877 g/mol. The maximum absolute atomic E-state index is 15.8. The Morgan fingerprint density at radius 1 is 0.828 bits per heavy atom. The summed E-state index contributed by atoms with van der Waals surface area (Å²) in [6.45, 7) is 7.46. The number of carbonyl (C=O) groups excluding carboxylic acids is 6. The van der Waals surface area contributed by atoms with Crippen LogP contribution in [-0.4, -0.2) is 102 Å². The van der Waals surface area contributed by atoms with Gasteiger partial charge in [-0.15, -0.1) is 0 Å². The average Bonchev–Trinajstić information content (AvgIpc) is 3.29. The van der Waals surface area contributed by atoms with E-state index in [0.29, 0.717) is 30.8 Å². The minimum absolute atomic E-state index is 0.0339. The van der Waals surface area contributed by atoms with Crippen LogP contribution in [0.1, 0.15) is 74.9 Å². The Kier molecular flexibility index (Phi) is 18.0.